The molecule has 0 bridgehead atoms. The summed E-state index contributed by atoms with van der Waals surface area (Å²) in [6.45, 7) is 5.39. The minimum atomic E-state index is 0.362. The Bertz CT molecular complexity index is 352. The van der Waals surface area contributed by atoms with Crippen molar-refractivity contribution >= 4 is 23.4 Å². The third-order valence-electron chi connectivity index (χ3n) is 2.71. The number of methoxy groups -OCH3 is 1. The number of thioether (sulfide) groups is 1. The van der Waals surface area contributed by atoms with Gasteiger partial charge in [0, 0.05) is 11.8 Å². The molecular formula is C14H22ClNOS. The SMILES string of the molecule is CCCNC(CSCC)c1ccc(Cl)c(OC)c1. The van der Waals surface area contributed by atoms with Gasteiger partial charge in [-0.25, -0.2) is 0 Å². The average molecular weight is 288 g/mol. The summed E-state index contributed by atoms with van der Waals surface area (Å²) in [7, 11) is 1.65. The van der Waals surface area contributed by atoms with Crippen LogP contribution in [-0.2, 0) is 0 Å². The summed E-state index contributed by atoms with van der Waals surface area (Å²) in [5.41, 5.74) is 1.24. The second kappa shape index (κ2) is 8.68. The molecule has 0 spiro atoms. The number of ether oxygens (including phenoxy) is 1. The van der Waals surface area contributed by atoms with Crippen LogP contribution in [0.5, 0.6) is 5.75 Å². The van der Waals surface area contributed by atoms with Crippen molar-refractivity contribution in [2.45, 2.75) is 26.3 Å². The zero-order valence-corrected chi connectivity index (χ0v) is 12.9. The number of hydrogen-bond acceptors (Lipinski definition) is 3. The van der Waals surface area contributed by atoms with E-state index in [0.717, 1.165) is 30.2 Å². The third-order valence-corrected chi connectivity index (χ3v) is 4.00. The highest BCUT2D eigenvalue weighted by Crippen LogP contribution is 2.29. The molecule has 0 amide bonds. The van der Waals surface area contributed by atoms with E-state index >= 15 is 0 Å². The molecule has 1 atom stereocenters. The zero-order valence-electron chi connectivity index (χ0n) is 11.3. The van der Waals surface area contributed by atoms with Gasteiger partial charge in [-0.15, -0.1) is 0 Å². The van der Waals surface area contributed by atoms with Crippen LogP contribution in [0.4, 0.5) is 0 Å². The van der Waals surface area contributed by atoms with E-state index in [9.17, 15) is 0 Å². The van der Waals surface area contributed by atoms with Gasteiger partial charge in [-0.1, -0.05) is 31.5 Å². The van der Waals surface area contributed by atoms with Gasteiger partial charge in [0.15, 0.2) is 0 Å². The van der Waals surface area contributed by atoms with Gasteiger partial charge >= 0.3 is 0 Å². The first-order chi connectivity index (χ1) is 8.72. The minimum Gasteiger partial charge on any atom is -0.495 e. The molecule has 1 aromatic carbocycles. The lowest BCUT2D eigenvalue weighted by molar-refractivity contribution is 0.413. The summed E-state index contributed by atoms with van der Waals surface area (Å²) in [5.74, 6) is 2.95. The van der Waals surface area contributed by atoms with Crippen LogP contribution in [-0.4, -0.2) is 25.2 Å². The Labute approximate surface area is 119 Å². The summed E-state index contributed by atoms with van der Waals surface area (Å²) in [5, 5.41) is 4.24. The summed E-state index contributed by atoms with van der Waals surface area (Å²) in [6.07, 6.45) is 1.14. The van der Waals surface area contributed by atoms with Crippen LogP contribution in [0.2, 0.25) is 5.02 Å². The highest BCUT2D eigenvalue weighted by atomic mass is 35.5. The maximum absolute atomic E-state index is 6.06. The van der Waals surface area contributed by atoms with Gasteiger partial charge in [-0.3, -0.25) is 0 Å². The Hall–Kier alpha value is -0.380. The fourth-order valence-corrected chi connectivity index (χ4v) is 2.70. The van der Waals surface area contributed by atoms with Gasteiger partial charge in [-0.05, 0) is 36.4 Å². The predicted octanol–water partition coefficient (Wildman–Crippen LogP) is 4.14. The van der Waals surface area contributed by atoms with E-state index in [0.29, 0.717) is 11.1 Å². The first-order valence-electron chi connectivity index (χ1n) is 6.37. The van der Waals surface area contributed by atoms with Gasteiger partial charge in [-0.2, -0.15) is 11.8 Å². The minimum absolute atomic E-state index is 0.362. The van der Waals surface area contributed by atoms with Crippen LogP contribution >= 0.6 is 23.4 Å². The maximum Gasteiger partial charge on any atom is 0.137 e. The van der Waals surface area contributed by atoms with Gasteiger partial charge in [0.05, 0.1) is 12.1 Å². The lowest BCUT2D eigenvalue weighted by atomic mass is 10.1. The van der Waals surface area contributed by atoms with E-state index in [1.807, 2.05) is 23.9 Å². The molecule has 0 radical (unpaired) electrons. The molecule has 0 saturated heterocycles. The highest BCUT2D eigenvalue weighted by Gasteiger charge is 2.12. The smallest absolute Gasteiger partial charge is 0.137 e. The van der Waals surface area contributed by atoms with Crippen LogP contribution in [0, 0.1) is 0 Å². The summed E-state index contributed by atoms with van der Waals surface area (Å²) >= 11 is 8.00. The van der Waals surface area contributed by atoms with E-state index in [4.69, 9.17) is 16.3 Å². The first kappa shape index (κ1) is 15.7. The van der Waals surface area contributed by atoms with E-state index in [-0.39, 0.29) is 0 Å². The number of nitrogens with one attached hydrogen (secondary N) is 1. The lowest BCUT2D eigenvalue weighted by Crippen LogP contribution is -2.24. The monoisotopic (exact) mass is 287 g/mol. The van der Waals surface area contributed by atoms with Crippen molar-refractivity contribution in [3.05, 3.63) is 28.8 Å². The zero-order chi connectivity index (χ0) is 13.4. The van der Waals surface area contributed by atoms with E-state index in [1.54, 1.807) is 7.11 Å². The number of halogens is 1. The van der Waals surface area contributed by atoms with E-state index < -0.39 is 0 Å². The van der Waals surface area contributed by atoms with Gasteiger partial charge < -0.3 is 10.1 Å². The average Bonchev–Trinajstić information content (AvgIpc) is 2.40. The molecule has 18 heavy (non-hydrogen) atoms. The Kier molecular flexibility index (Phi) is 7.56. The van der Waals surface area contributed by atoms with Crippen LogP contribution in [0.3, 0.4) is 0 Å². The van der Waals surface area contributed by atoms with Crippen LogP contribution in [0.15, 0.2) is 18.2 Å². The van der Waals surface area contributed by atoms with Crippen molar-refractivity contribution in [3.8, 4) is 5.75 Å². The number of rotatable bonds is 8. The van der Waals surface area contributed by atoms with Crippen molar-refractivity contribution in [1.29, 1.82) is 0 Å². The summed E-state index contributed by atoms with van der Waals surface area (Å²) < 4.78 is 5.28. The van der Waals surface area contributed by atoms with Gasteiger partial charge in [0.1, 0.15) is 5.75 Å². The molecule has 1 unspecified atom stereocenters. The van der Waals surface area contributed by atoms with Gasteiger partial charge in [0.2, 0.25) is 0 Å². The molecule has 0 aliphatic heterocycles. The van der Waals surface area contributed by atoms with E-state index in [2.05, 4.69) is 25.2 Å². The normalized spacial score (nSPS) is 12.4. The molecule has 0 aliphatic rings. The Morgan fingerprint density at radius 3 is 2.78 bits per heavy atom. The van der Waals surface area contributed by atoms with Crippen LogP contribution in [0.25, 0.3) is 0 Å². The van der Waals surface area contributed by atoms with Crippen LogP contribution < -0.4 is 10.1 Å². The summed E-state index contributed by atoms with van der Waals surface area (Å²) in [4.78, 5) is 0. The largest absolute Gasteiger partial charge is 0.495 e. The van der Waals surface area contributed by atoms with Crippen molar-refractivity contribution in [2.24, 2.45) is 0 Å². The molecule has 1 N–H and O–H groups in total. The highest BCUT2D eigenvalue weighted by molar-refractivity contribution is 7.99. The topological polar surface area (TPSA) is 21.3 Å². The van der Waals surface area contributed by atoms with Crippen molar-refractivity contribution in [2.75, 3.05) is 25.2 Å². The molecular weight excluding hydrogens is 266 g/mol. The number of benzene rings is 1. The lowest BCUT2D eigenvalue weighted by Gasteiger charge is -2.19. The molecule has 1 rings (SSSR count). The third kappa shape index (κ3) is 4.71. The van der Waals surface area contributed by atoms with Crippen molar-refractivity contribution in [1.82, 2.24) is 5.32 Å². The van der Waals surface area contributed by atoms with Crippen molar-refractivity contribution < 1.29 is 4.74 Å². The molecule has 0 aromatic heterocycles. The standard InChI is InChI=1S/C14H22ClNOS/c1-4-8-16-13(10-18-5-2)11-6-7-12(15)14(9-11)17-3/h6-7,9,13,16H,4-5,8,10H2,1-3H3. The quantitative estimate of drug-likeness (QED) is 0.776. The second-order valence-electron chi connectivity index (χ2n) is 4.06. The molecule has 2 nitrogen and oxygen atoms in total. The Morgan fingerprint density at radius 2 is 2.17 bits per heavy atom. The van der Waals surface area contributed by atoms with E-state index in [1.165, 1.54) is 5.56 Å². The fourth-order valence-electron chi connectivity index (χ4n) is 1.72. The van der Waals surface area contributed by atoms with Crippen LogP contribution in [0.1, 0.15) is 31.9 Å². The summed E-state index contributed by atoms with van der Waals surface area (Å²) in [6, 6.07) is 6.38. The first-order valence-corrected chi connectivity index (χ1v) is 7.90. The Morgan fingerprint density at radius 1 is 1.39 bits per heavy atom. The number of hydrogen-bond donors (Lipinski definition) is 1. The second-order valence-corrected chi connectivity index (χ2v) is 5.79. The van der Waals surface area contributed by atoms with Crippen molar-refractivity contribution in [3.63, 3.8) is 0 Å². The molecule has 4 heteroatoms. The molecule has 1 aromatic rings. The fraction of sp³-hybridized carbons (Fsp3) is 0.571. The Balaban J connectivity index is 2.82. The maximum atomic E-state index is 6.06. The molecule has 102 valence electrons. The molecule has 0 saturated carbocycles. The molecule has 0 heterocycles. The molecule has 0 aliphatic carbocycles. The van der Waals surface area contributed by atoms with Gasteiger partial charge in [0.25, 0.3) is 0 Å². The molecule has 0 fully saturated rings. The predicted molar refractivity (Wildman–Crippen MR) is 82.0 cm³/mol.